The topological polar surface area (TPSA) is 102 Å². The molecule has 1 fully saturated rings. The van der Waals surface area contributed by atoms with E-state index in [1.54, 1.807) is 0 Å². The largest absolute Gasteiger partial charge is 0.476 e. The van der Waals surface area contributed by atoms with Gasteiger partial charge in [-0.15, -0.1) is 0 Å². The minimum Gasteiger partial charge on any atom is -0.290 e. The standard InChI is InChI=1S/C15H25N2O7PS/c1-12(2)9-14-15(18)17(11-24-25(19,22-3)23-4)26(20,21)16(14)10-13-7-5-6-8-13/h5-8,12-14H,9-11H2,1-4H3. The summed E-state index contributed by atoms with van der Waals surface area (Å²) in [6, 6.07) is -0.824. The molecular weight excluding hydrogens is 383 g/mol. The third-order valence-electron chi connectivity index (χ3n) is 4.15. The summed E-state index contributed by atoms with van der Waals surface area (Å²) in [5, 5.41) is 0. The second-order valence-electron chi connectivity index (χ2n) is 6.41. The predicted molar refractivity (Wildman–Crippen MR) is 95.1 cm³/mol. The molecule has 0 saturated carbocycles. The van der Waals surface area contributed by atoms with Gasteiger partial charge in [-0.2, -0.15) is 17.0 Å². The molecule has 0 aromatic heterocycles. The molecule has 0 aromatic carbocycles. The number of phosphoric ester groups is 1. The first-order valence-corrected chi connectivity index (χ1v) is 11.0. The lowest BCUT2D eigenvalue weighted by Gasteiger charge is -2.23. The Balaban J connectivity index is 2.25. The highest BCUT2D eigenvalue weighted by molar-refractivity contribution is 7.87. The average molecular weight is 408 g/mol. The zero-order valence-corrected chi connectivity index (χ0v) is 17.0. The number of carbonyl (C=O) groups is 1. The van der Waals surface area contributed by atoms with Gasteiger partial charge in [-0.3, -0.25) is 18.4 Å². The zero-order valence-electron chi connectivity index (χ0n) is 15.3. The molecule has 0 aromatic rings. The second kappa shape index (κ2) is 8.33. The molecule has 1 aliphatic heterocycles. The fourth-order valence-corrected chi connectivity index (χ4v) is 5.16. The Hall–Kier alpha value is -1.03. The van der Waals surface area contributed by atoms with Crippen LogP contribution in [0.15, 0.2) is 24.3 Å². The summed E-state index contributed by atoms with van der Waals surface area (Å²) in [5.41, 5.74) is 0. The maximum absolute atomic E-state index is 12.9. The van der Waals surface area contributed by atoms with Crippen LogP contribution in [0.3, 0.4) is 0 Å². The van der Waals surface area contributed by atoms with Crippen LogP contribution in [0, 0.1) is 11.8 Å². The molecular formula is C15H25N2O7PS. The lowest BCUT2D eigenvalue weighted by Crippen LogP contribution is -2.39. The Morgan fingerprint density at radius 3 is 2.27 bits per heavy atom. The summed E-state index contributed by atoms with van der Waals surface area (Å²) in [4.78, 5) is 12.8. The van der Waals surface area contributed by atoms with Crippen molar-refractivity contribution in [3.63, 3.8) is 0 Å². The van der Waals surface area contributed by atoms with E-state index in [1.807, 2.05) is 38.2 Å². The smallest absolute Gasteiger partial charge is 0.290 e. The van der Waals surface area contributed by atoms with E-state index >= 15 is 0 Å². The van der Waals surface area contributed by atoms with Crippen molar-refractivity contribution < 1.29 is 31.3 Å². The van der Waals surface area contributed by atoms with Gasteiger partial charge >= 0.3 is 18.0 Å². The summed E-state index contributed by atoms with van der Waals surface area (Å²) in [5.74, 6) is -0.596. The SMILES string of the molecule is COP(=O)(OC)OCN1C(=O)C(CC(C)C)N(CC2C=CC=C2)S1(=O)=O. The van der Waals surface area contributed by atoms with E-state index < -0.39 is 36.7 Å². The molecule has 26 heavy (non-hydrogen) atoms. The molecule has 11 heteroatoms. The van der Waals surface area contributed by atoms with E-state index in [2.05, 4.69) is 9.05 Å². The van der Waals surface area contributed by atoms with Crippen molar-refractivity contribution in [3.05, 3.63) is 24.3 Å². The number of carbonyl (C=O) groups excluding carboxylic acids is 1. The molecule has 2 aliphatic rings. The molecule has 1 aliphatic carbocycles. The fourth-order valence-electron chi connectivity index (χ4n) is 2.82. The van der Waals surface area contributed by atoms with Crippen molar-refractivity contribution in [2.45, 2.75) is 26.3 Å². The molecule has 148 valence electrons. The molecule has 2 rings (SSSR count). The summed E-state index contributed by atoms with van der Waals surface area (Å²) in [7, 11) is -5.80. The number of rotatable bonds is 9. The van der Waals surface area contributed by atoms with Gasteiger partial charge < -0.3 is 0 Å². The highest BCUT2D eigenvalue weighted by Crippen LogP contribution is 2.48. The van der Waals surface area contributed by atoms with Crippen LogP contribution in [0.2, 0.25) is 0 Å². The fraction of sp³-hybridized carbons (Fsp3) is 0.667. The lowest BCUT2D eigenvalue weighted by atomic mass is 10.0. The number of hydrogen-bond donors (Lipinski definition) is 0. The van der Waals surface area contributed by atoms with Crippen LogP contribution < -0.4 is 0 Å². The molecule has 0 radical (unpaired) electrons. The minimum absolute atomic E-state index is 0.0999. The van der Waals surface area contributed by atoms with E-state index in [1.165, 1.54) is 4.31 Å². The minimum atomic E-state index is -4.11. The Bertz CT molecular complexity index is 714. The zero-order chi connectivity index (χ0) is 19.5. The van der Waals surface area contributed by atoms with Gasteiger partial charge in [-0.1, -0.05) is 38.2 Å². The maximum Gasteiger partial charge on any atom is 0.476 e. The van der Waals surface area contributed by atoms with Crippen LogP contribution in [-0.2, 0) is 33.1 Å². The van der Waals surface area contributed by atoms with Crippen LogP contribution in [0.5, 0.6) is 0 Å². The summed E-state index contributed by atoms with van der Waals surface area (Å²) in [6.45, 7) is 3.25. The molecule has 1 unspecified atom stereocenters. The van der Waals surface area contributed by atoms with Crippen LogP contribution >= 0.6 is 7.82 Å². The van der Waals surface area contributed by atoms with E-state index in [4.69, 9.17) is 4.52 Å². The first kappa shape index (κ1) is 21.3. The Morgan fingerprint density at radius 2 is 1.77 bits per heavy atom. The van der Waals surface area contributed by atoms with Crippen LogP contribution in [0.4, 0.5) is 0 Å². The van der Waals surface area contributed by atoms with Gasteiger partial charge in [0.05, 0.1) is 0 Å². The number of amides is 1. The lowest BCUT2D eigenvalue weighted by molar-refractivity contribution is -0.130. The molecule has 1 saturated heterocycles. The first-order valence-electron chi connectivity index (χ1n) is 8.19. The number of nitrogens with zero attached hydrogens (tertiary/aromatic N) is 2. The quantitative estimate of drug-likeness (QED) is 0.537. The monoisotopic (exact) mass is 408 g/mol. The summed E-state index contributed by atoms with van der Waals surface area (Å²) in [6.07, 6.45) is 7.79. The summed E-state index contributed by atoms with van der Waals surface area (Å²) >= 11 is 0. The molecule has 1 atom stereocenters. The molecule has 1 amide bonds. The highest BCUT2D eigenvalue weighted by Gasteiger charge is 2.51. The van der Waals surface area contributed by atoms with Gasteiger partial charge in [0.2, 0.25) is 0 Å². The van der Waals surface area contributed by atoms with Crippen LogP contribution in [0.25, 0.3) is 0 Å². The number of allylic oxidation sites excluding steroid dienone is 2. The van der Waals surface area contributed by atoms with E-state index in [0.29, 0.717) is 10.7 Å². The third kappa shape index (κ3) is 4.44. The molecule has 1 heterocycles. The van der Waals surface area contributed by atoms with Gasteiger partial charge in [-0.05, 0) is 12.3 Å². The highest BCUT2D eigenvalue weighted by atomic mass is 32.2. The van der Waals surface area contributed by atoms with Crippen molar-refractivity contribution in [2.75, 3.05) is 27.5 Å². The Labute approximate surface area is 154 Å². The van der Waals surface area contributed by atoms with Gasteiger partial charge in [0.1, 0.15) is 12.8 Å². The first-order chi connectivity index (χ1) is 12.1. The predicted octanol–water partition coefficient (Wildman–Crippen LogP) is 1.91. The van der Waals surface area contributed by atoms with Gasteiger partial charge in [0.25, 0.3) is 5.91 Å². The number of hydrogen-bond acceptors (Lipinski definition) is 7. The van der Waals surface area contributed by atoms with E-state index in [9.17, 15) is 17.8 Å². The molecule has 9 nitrogen and oxygen atoms in total. The maximum atomic E-state index is 12.9. The molecule has 0 bridgehead atoms. The van der Waals surface area contributed by atoms with Gasteiger partial charge in [-0.25, -0.2) is 4.57 Å². The Morgan fingerprint density at radius 1 is 1.19 bits per heavy atom. The average Bonchev–Trinajstić information content (AvgIpc) is 3.15. The normalized spacial score (nSPS) is 23.7. The van der Waals surface area contributed by atoms with Crippen molar-refractivity contribution in [1.29, 1.82) is 0 Å². The Kier molecular flexibility index (Phi) is 6.81. The van der Waals surface area contributed by atoms with E-state index in [0.717, 1.165) is 14.2 Å². The van der Waals surface area contributed by atoms with Crippen molar-refractivity contribution in [2.24, 2.45) is 11.8 Å². The summed E-state index contributed by atoms with van der Waals surface area (Å²) < 4.78 is 53.8. The van der Waals surface area contributed by atoms with Crippen molar-refractivity contribution in [3.8, 4) is 0 Å². The third-order valence-corrected chi connectivity index (χ3v) is 7.31. The van der Waals surface area contributed by atoms with Crippen molar-refractivity contribution >= 4 is 23.9 Å². The van der Waals surface area contributed by atoms with Gasteiger partial charge in [0.15, 0.2) is 0 Å². The second-order valence-corrected chi connectivity index (χ2v) is 10.1. The number of phosphoric acid groups is 1. The van der Waals surface area contributed by atoms with E-state index in [-0.39, 0.29) is 18.4 Å². The molecule has 0 N–H and O–H groups in total. The van der Waals surface area contributed by atoms with Crippen LogP contribution in [-0.4, -0.2) is 56.5 Å². The van der Waals surface area contributed by atoms with Gasteiger partial charge in [0, 0.05) is 26.7 Å². The van der Waals surface area contributed by atoms with Crippen LogP contribution in [0.1, 0.15) is 20.3 Å². The molecule has 0 spiro atoms. The van der Waals surface area contributed by atoms with Crippen molar-refractivity contribution in [1.82, 2.24) is 8.61 Å².